The van der Waals surface area contributed by atoms with Crippen LogP contribution in [0.2, 0.25) is 0 Å². The number of hydrogen-bond donors (Lipinski definition) is 1. The molecule has 17 heavy (non-hydrogen) atoms. The zero-order valence-electron chi connectivity index (χ0n) is 9.50. The first-order chi connectivity index (χ1) is 8.08. The van der Waals surface area contributed by atoms with Gasteiger partial charge < -0.3 is 14.8 Å². The highest BCUT2D eigenvalue weighted by molar-refractivity contribution is 9.10. The smallest absolute Gasteiger partial charge is 0.321 e. The summed E-state index contributed by atoms with van der Waals surface area (Å²) in [4.78, 5) is 10.6. The summed E-state index contributed by atoms with van der Waals surface area (Å²) < 4.78 is 22.7. The molecular weight excluding hydrogens is 293 g/mol. The Bertz CT molecular complexity index is 400. The second-order valence-corrected chi connectivity index (χ2v) is 4.33. The van der Waals surface area contributed by atoms with Crippen LogP contribution in [0.4, 0.5) is 10.1 Å². The third-order valence-electron chi connectivity index (χ3n) is 2.09. The number of nitrogens with one attached hydrogen (secondary N) is 1. The third kappa shape index (κ3) is 3.89. The highest BCUT2D eigenvalue weighted by Crippen LogP contribution is 2.20. The molecule has 0 saturated carbocycles. The molecule has 1 rings (SSSR count). The van der Waals surface area contributed by atoms with Gasteiger partial charge in [0.25, 0.3) is 0 Å². The van der Waals surface area contributed by atoms with Gasteiger partial charge in [0.1, 0.15) is 4.83 Å². The molecule has 1 atom stereocenters. The molecule has 0 amide bonds. The molecule has 0 radical (unpaired) electrons. The Labute approximate surface area is 107 Å². The maximum absolute atomic E-state index is 13.3. The van der Waals surface area contributed by atoms with E-state index in [0.717, 1.165) is 0 Å². The van der Waals surface area contributed by atoms with Crippen LogP contribution in [0.15, 0.2) is 18.2 Å². The van der Waals surface area contributed by atoms with E-state index in [1.807, 2.05) is 0 Å². The monoisotopic (exact) mass is 305 g/mol. The number of carbonyl (C=O) groups excluding carboxylic acids is 1. The van der Waals surface area contributed by atoms with Crippen molar-refractivity contribution in [2.45, 2.75) is 4.83 Å². The van der Waals surface area contributed by atoms with Crippen LogP contribution in [-0.2, 0) is 9.53 Å². The lowest BCUT2D eigenvalue weighted by molar-refractivity contribution is -0.139. The summed E-state index contributed by atoms with van der Waals surface area (Å²) in [5.74, 6) is -0.660. The number of hydrogen-bond acceptors (Lipinski definition) is 4. The number of anilines is 1. The Balaban J connectivity index is 2.58. The van der Waals surface area contributed by atoms with Gasteiger partial charge in [0.15, 0.2) is 11.6 Å². The van der Waals surface area contributed by atoms with Gasteiger partial charge in [-0.1, -0.05) is 15.9 Å². The fraction of sp³-hybridized carbons (Fsp3) is 0.364. The number of esters is 1. The van der Waals surface area contributed by atoms with Gasteiger partial charge in [-0.15, -0.1) is 0 Å². The van der Waals surface area contributed by atoms with E-state index in [4.69, 9.17) is 4.74 Å². The molecule has 0 bridgehead atoms. The average Bonchev–Trinajstić information content (AvgIpc) is 2.35. The summed E-state index contributed by atoms with van der Waals surface area (Å²) in [6.45, 7) is 0.304. The van der Waals surface area contributed by atoms with Crippen LogP contribution in [0.1, 0.15) is 0 Å². The third-order valence-corrected chi connectivity index (χ3v) is 2.79. The van der Waals surface area contributed by atoms with Crippen molar-refractivity contribution < 1.29 is 18.7 Å². The minimum absolute atomic E-state index is 0.180. The molecule has 0 aliphatic rings. The summed E-state index contributed by atoms with van der Waals surface area (Å²) in [5, 5.41) is 2.91. The normalized spacial score (nSPS) is 11.8. The Kier molecular flexibility index (Phi) is 5.21. The predicted molar refractivity (Wildman–Crippen MR) is 66.2 cm³/mol. The molecule has 94 valence electrons. The summed E-state index contributed by atoms with van der Waals surface area (Å²) in [6.07, 6.45) is 0. The maximum Gasteiger partial charge on any atom is 0.321 e. The number of methoxy groups -OCH3 is 2. The molecule has 1 aromatic carbocycles. The number of carbonyl (C=O) groups is 1. The standard InChI is InChI=1S/C11H13BrFNO3/c1-16-10-4-3-7(5-9(10)13)14-6-8(12)11(15)17-2/h3-5,8,14H,6H2,1-2H3. The predicted octanol–water partition coefficient (Wildman–Crippen LogP) is 2.18. The molecule has 0 fully saturated rings. The number of halogens is 2. The summed E-state index contributed by atoms with van der Waals surface area (Å²) in [5.41, 5.74) is 0.566. The Morgan fingerprint density at radius 2 is 2.24 bits per heavy atom. The van der Waals surface area contributed by atoms with Crippen LogP contribution in [0.25, 0.3) is 0 Å². The van der Waals surface area contributed by atoms with Gasteiger partial charge in [0.2, 0.25) is 0 Å². The minimum Gasteiger partial charge on any atom is -0.494 e. The number of alkyl halides is 1. The van der Waals surface area contributed by atoms with E-state index in [-0.39, 0.29) is 11.7 Å². The fourth-order valence-electron chi connectivity index (χ4n) is 1.20. The van der Waals surface area contributed by atoms with Crippen molar-refractivity contribution in [3.05, 3.63) is 24.0 Å². The molecular formula is C11H13BrFNO3. The molecule has 6 heteroatoms. The fourth-order valence-corrected chi connectivity index (χ4v) is 1.54. The van der Waals surface area contributed by atoms with Crippen LogP contribution in [0, 0.1) is 5.82 Å². The molecule has 0 saturated heterocycles. The Morgan fingerprint density at radius 3 is 2.76 bits per heavy atom. The van der Waals surface area contributed by atoms with Crippen LogP contribution in [-0.4, -0.2) is 31.6 Å². The second kappa shape index (κ2) is 6.44. The molecule has 0 aromatic heterocycles. The first-order valence-electron chi connectivity index (χ1n) is 4.87. The lowest BCUT2D eigenvalue weighted by atomic mass is 10.3. The Morgan fingerprint density at radius 1 is 1.53 bits per heavy atom. The molecule has 0 spiro atoms. The van der Waals surface area contributed by atoms with Crippen molar-refractivity contribution in [1.29, 1.82) is 0 Å². The second-order valence-electron chi connectivity index (χ2n) is 3.22. The van der Waals surface area contributed by atoms with Gasteiger partial charge in [-0.05, 0) is 12.1 Å². The molecule has 0 aliphatic heterocycles. The Hall–Kier alpha value is -1.30. The van der Waals surface area contributed by atoms with E-state index in [1.54, 1.807) is 6.07 Å². The van der Waals surface area contributed by atoms with Gasteiger partial charge >= 0.3 is 5.97 Å². The van der Waals surface area contributed by atoms with Crippen molar-refractivity contribution >= 4 is 27.6 Å². The molecule has 0 heterocycles. The van der Waals surface area contributed by atoms with Gasteiger partial charge in [0.05, 0.1) is 14.2 Å². The summed E-state index contributed by atoms with van der Waals surface area (Å²) >= 11 is 3.15. The van der Waals surface area contributed by atoms with Gasteiger partial charge in [0, 0.05) is 18.3 Å². The molecule has 4 nitrogen and oxygen atoms in total. The molecule has 0 aliphatic carbocycles. The molecule has 1 unspecified atom stereocenters. The highest BCUT2D eigenvalue weighted by Gasteiger charge is 2.14. The minimum atomic E-state index is -0.474. The SMILES string of the molecule is COC(=O)C(Br)CNc1ccc(OC)c(F)c1. The van der Waals surface area contributed by atoms with Crippen molar-refractivity contribution in [2.75, 3.05) is 26.1 Å². The zero-order valence-corrected chi connectivity index (χ0v) is 11.1. The lowest BCUT2D eigenvalue weighted by Crippen LogP contribution is -2.24. The summed E-state index contributed by atoms with van der Waals surface area (Å²) in [6, 6.07) is 4.48. The van der Waals surface area contributed by atoms with Crippen LogP contribution in [0.5, 0.6) is 5.75 Å². The van der Waals surface area contributed by atoms with Crippen LogP contribution in [0.3, 0.4) is 0 Å². The van der Waals surface area contributed by atoms with Crippen LogP contribution < -0.4 is 10.1 Å². The number of benzene rings is 1. The largest absolute Gasteiger partial charge is 0.494 e. The summed E-state index contributed by atoms with van der Waals surface area (Å²) in [7, 11) is 2.71. The number of ether oxygens (including phenoxy) is 2. The topological polar surface area (TPSA) is 47.6 Å². The van der Waals surface area contributed by atoms with E-state index in [0.29, 0.717) is 12.2 Å². The number of rotatable bonds is 5. The van der Waals surface area contributed by atoms with E-state index in [9.17, 15) is 9.18 Å². The van der Waals surface area contributed by atoms with Crippen molar-refractivity contribution in [3.8, 4) is 5.75 Å². The first kappa shape index (κ1) is 13.8. The van der Waals surface area contributed by atoms with Gasteiger partial charge in [-0.3, -0.25) is 4.79 Å². The van der Waals surface area contributed by atoms with Gasteiger partial charge in [-0.25, -0.2) is 4.39 Å². The van der Waals surface area contributed by atoms with E-state index < -0.39 is 10.6 Å². The van der Waals surface area contributed by atoms with E-state index in [2.05, 4.69) is 26.0 Å². The van der Waals surface area contributed by atoms with Crippen molar-refractivity contribution in [3.63, 3.8) is 0 Å². The zero-order chi connectivity index (χ0) is 12.8. The lowest BCUT2D eigenvalue weighted by Gasteiger charge is -2.11. The van der Waals surface area contributed by atoms with E-state index in [1.165, 1.54) is 26.4 Å². The van der Waals surface area contributed by atoms with Crippen LogP contribution >= 0.6 is 15.9 Å². The maximum atomic E-state index is 13.3. The molecule has 1 N–H and O–H groups in total. The highest BCUT2D eigenvalue weighted by atomic mass is 79.9. The first-order valence-corrected chi connectivity index (χ1v) is 5.79. The van der Waals surface area contributed by atoms with Gasteiger partial charge in [-0.2, -0.15) is 0 Å². The average molecular weight is 306 g/mol. The molecule has 1 aromatic rings. The van der Waals surface area contributed by atoms with E-state index >= 15 is 0 Å². The van der Waals surface area contributed by atoms with Crippen molar-refractivity contribution in [1.82, 2.24) is 0 Å². The quantitative estimate of drug-likeness (QED) is 0.669. The van der Waals surface area contributed by atoms with Crippen molar-refractivity contribution in [2.24, 2.45) is 0 Å².